The lowest BCUT2D eigenvalue weighted by Gasteiger charge is -2.20. The summed E-state index contributed by atoms with van der Waals surface area (Å²) >= 11 is 0. The maximum absolute atomic E-state index is 5.98. The standard InChI is InChI=1S/C13H27NO/c1-5-11(14-4)7-6-8-12-9-10-13(2,3)15-12/h11-12,14H,5-10H2,1-4H3. The maximum Gasteiger partial charge on any atom is 0.0631 e. The molecule has 0 amide bonds. The Morgan fingerprint density at radius 1 is 1.47 bits per heavy atom. The van der Waals surface area contributed by atoms with Gasteiger partial charge in [0.25, 0.3) is 0 Å². The van der Waals surface area contributed by atoms with E-state index in [1.807, 2.05) is 0 Å². The molecule has 0 aromatic rings. The van der Waals surface area contributed by atoms with Crippen molar-refractivity contribution in [1.29, 1.82) is 0 Å². The SMILES string of the molecule is CCC(CCCC1CCC(C)(C)O1)NC. The van der Waals surface area contributed by atoms with Crippen molar-refractivity contribution in [3.63, 3.8) is 0 Å². The minimum Gasteiger partial charge on any atom is -0.372 e. The normalized spacial score (nSPS) is 26.8. The van der Waals surface area contributed by atoms with Gasteiger partial charge in [-0.2, -0.15) is 0 Å². The zero-order valence-electron chi connectivity index (χ0n) is 10.8. The molecule has 2 heteroatoms. The Kier molecular flexibility index (Phi) is 5.07. The van der Waals surface area contributed by atoms with Crippen LogP contribution in [-0.2, 0) is 4.74 Å². The molecule has 1 heterocycles. The molecular weight excluding hydrogens is 186 g/mol. The highest BCUT2D eigenvalue weighted by Crippen LogP contribution is 2.31. The predicted octanol–water partition coefficient (Wildman–Crippen LogP) is 3.11. The van der Waals surface area contributed by atoms with Crippen LogP contribution in [0, 0.1) is 0 Å². The van der Waals surface area contributed by atoms with Crippen LogP contribution >= 0.6 is 0 Å². The van der Waals surface area contributed by atoms with Gasteiger partial charge in [-0.1, -0.05) is 6.92 Å². The molecule has 0 aliphatic carbocycles. The van der Waals surface area contributed by atoms with Gasteiger partial charge in [-0.05, 0) is 59.4 Å². The molecule has 1 rings (SSSR count). The van der Waals surface area contributed by atoms with E-state index in [2.05, 4.69) is 33.1 Å². The number of hydrogen-bond donors (Lipinski definition) is 1. The summed E-state index contributed by atoms with van der Waals surface area (Å²) in [6.45, 7) is 6.65. The molecule has 0 aromatic carbocycles. The highest BCUT2D eigenvalue weighted by Gasteiger charge is 2.30. The van der Waals surface area contributed by atoms with Crippen molar-refractivity contribution < 1.29 is 4.74 Å². The molecular formula is C13H27NO. The molecule has 0 aromatic heterocycles. The van der Waals surface area contributed by atoms with Crippen molar-refractivity contribution in [3.8, 4) is 0 Å². The van der Waals surface area contributed by atoms with E-state index in [1.165, 1.54) is 38.5 Å². The molecule has 1 fully saturated rings. The number of ether oxygens (including phenoxy) is 1. The van der Waals surface area contributed by atoms with Crippen molar-refractivity contribution >= 4 is 0 Å². The summed E-state index contributed by atoms with van der Waals surface area (Å²) in [5.74, 6) is 0. The van der Waals surface area contributed by atoms with Crippen molar-refractivity contribution in [2.24, 2.45) is 0 Å². The van der Waals surface area contributed by atoms with Crippen LogP contribution in [0.2, 0.25) is 0 Å². The van der Waals surface area contributed by atoms with Crippen LogP contribution in [0.1, 0.15) is 59.3 Å². The van der Waals surface area contributed by atoms with Gasteiger partial charge in [0.15, 0.2) is 0 Å². The van der Waals surface area contributed by atoms with Crippen molar-refractivity contribution in [2.45, 2.75) is 77.0 Å². The van der Waals surface area contributed by atoms with Gasteiger partial charge in [-0.15, -0.1) is 0 Å². The summed E-state index contributed by atoms with van der Waals surface area (Å²) in [6, 6.07) is 0.694. The Hall–Kier alpha value is -0.0800. The van der Waals surface area contributed by atoms with E-state index in [0.717, 1.165) is 0 Å². The lowest BCUT2D eigenvalue weighted by Crippen LogP contribution is -2.24. The molecule has 90 valence electrons. The average molecular weight is 213 g/mol. The molecule has 2 nitrogen and oxygen atoms in total. The Bertz CT molecular complexity index is 175. The molecule has 0 bridgehead atoms. The first-order chi connectivity index (χ1) is 7.07. The third-order valence-corrected chi connectivity index (χ3v) is 3.53. The summed E-state index contributed by atoms with van der Waals surface area (Å²) < 4.78 is 5.98. The average Bonchev–Trinajstić information content (AvgIpc) is 2.53. The summed E-state index contributed by atoms with van der Waals surface area (Å²) in [4.78, 5) is 0. The van der Waals surface area contributed by atoms with Gasteiger partial charge in [0.2, 0.25) is 0 Å². The zero-order chi connectivity index (χ0) is 11.3. The van der Waals surface area contributed by atoms with Crippen molar-refractivity contribution in [1.82, 2.24) is 5.32 Å². The topological polar surface area (TPSA) is 21.3 Å². The molecule has 0 radical (unpaired) electrons. The van der Waals surface area contributed by atoms with E-state index in [1.54, 1.807) is 0 Å². The predicted molar refractivity (Wildman–Crippen MR) is 65.2 cm³/mol. The molecule has 1 aliphatic heterocycles. The van der Waals surface area contributed by atoms with Crippen molar-refractivity contribution in [3.05, 3.63) is 0 Å². The highest BCUT2D eigenvalue weighted by atomic mass is 16.5. The third kappa shape index (κ3) is 4.52. The van der Waals surface area contributed by atoms with Gasteiger partial charge >= 0.3 is 0 Å². The number of hydrogen-bond acceptors (Lipinski definition) is 2. The molecule has 2 unspecified atom stereocenters. The van der Waals surface area contributed by atoms with E-state index in [9.17, 15) is 0 Å². The van der Waals surface area contributed by atoms with Crippen LogP contribution in [0.3, 0.4) is 0 Å². The summed E-state index contributed by atoms with van der Waals surface area (Å²) in [5, 5.41) is 3.35. The smallest absolute Gasteiger partial charge is 0.0631 e. The first-order valence-corrected chi connectivity index (χ1v) is 6.42. The van der Waals surface area contributed by atoms with Gasteiger partial charge in [-0.25, -0.2) is 0 Å². The maximum atomic E-state index is 5.98. The molecule has 1 aliphatic rings. The van der Waals surface area contributed by atoms with Crippen LogP contribution in [0.5, 0.6) is 0 Å². The molecule has 0 saturated carbocycles. The Labute approximate surface area is 94.8 Å². The minimum absolute atomic E-state index is 0.137. The fraction of sp³-hybridized carbons (Fsp3) is 1.00. The highest BCUT2D eigenvalue weighted by molar-refractivity contribution is 4.80. The van der Waals surface area contributed by atoms with Crippen LogP contribution in [0.25, 0.3) is 0 Å². The van der Waals surface area contributed by atoms with Crippen LogP contribution < -0.4 is 5.32 Å². The minimum atomic E-state index is 0.137. The molecule has 15 heavy (non-hydrogen) atoms. The van der Waals surface area contributed by atoms with Gasteiger partial charge in [-0.3, -0.25) is 0 Å². The molecule has 0 spiro atoms. The Morgan fingerprint density at radius 3 is 2.67 bits per heavy atom. The number of rotatable bonds is 6. The molecule has 1 saturated heterocycles. The van der Waals surface area contributed by atoms with E-state index in [0.29, 0.717) is 12.1 Å². The van der Waals surface area contributed by atoms with E-state index in [-0.39, 0.29) is 5.60 Å². The monoisotopic (exact) mass is 213 g/mol. The van der Waals surface area contributed by atoms with Gasteiger partial charge in [0.1, 0.15) is 0 Å². The van der Waals surface area contributed by atoms with E-state index in [4.69, 9.17) is 4.74 Å². The largest absolute Gasteiger partial charge is 0.372 e. The molecule has 2 atom stereocenters. The molecule has 1 N–H and O–H groups in total. The van der Waals surface area contributed by atoms with Gasteiger partial charge in [0, 0.05) is 6.04 Å². The van der Waals surface area contributed by atoms with Gasteiger partial charge in [0.05, 0.1) is 11.7 Å². The second-order valence-electron chi connectivity index (χ2n) is 5.36. The van der Waals surface area contributed by atoms with Crippen molar-refractivity contribution in [2.75, 3.05) is 7.05 Å². The van der Waals surface area contributed by atoms with Crippen LogP contribution in [-0.4, -0.2) is 24.8 Å². The van der Waals surface area contributed by atoms with Gasteiger partial charge < -0.3 is 10.1 Å². The lowest BCUT2D eigenvalue weighted by atomic mass is 10.0. The summed E-state index contributed by atoms with van der Waals surface area (Å²) in [7, 11) is 2.06. The fourth-order valence-electron chi connectivity index (χ4n) is 2.43. The fourth-order valence-corrected chi connectivity index (χ4v) is 2.43. The van der Waals surface area contributed by atoms with Crippen LogP contribution in [0.4, 0.5) is 0 Å². The summed E-state index contributed by atoms with van der Waals surface area (Å²) in [6.07, 6.45) is 8.04. The second-order valence-corrected chi connectivity index (χ2v) is 5.36. The Morgan fingerprint density at radius 2 is 2.20 bits per heavy atom. The number of nitrogens with one attached hydrogen (secondary N) is 1. The first kappa shape index (κ1) is 13.0. The van der Waals surface area contributed by atoms with E-state index < -0.39 is 0 Å². The first-order valence-electron chi connectivity index (χ1n) is 6.42. The zero-order valence-corrected chi connectivity index (χ0v) is 10.8. The van der Waals surface area contributed by atoms with Crippen LogP contribution in [0.15, 0.2) is 0 Å². The van der Waals surface area contributed by atoms with E-state index >= 15 is 0 Å². The lowest BCUT2D eigenvalue weighted by molar-refractivity contribution is -0.0192. The summed E-state index contributed by atoms with van der Waals surface area (Å²) in [5.41, 5.74) is 0.137. The quantitative estimate of drug-likeness (QED) is 0.732. The third-order valence-electron chi connectivity index (χ3n) is 3.53. The second kappa shape index (κ2) is 5.86. The Balaban J connectivity index is 2.11.